The van der Waals surface area contributed by atoms with Gasteiger partial charge in [-0.3, -0.25) is 0 Å². The highest BCUT2D eigenvalue weighted by atomic mass is 79.9. The second kappa shape index (κ2) is 6.50. The summed E-state index contributed by atoms with van der Waals surface area (Å²) in [6.45, 7) is 1.99. The van der Waals surface area contributed by atoms with Gasteiger partial charge in [-0.1, -0.05) is 15.9 Å². The number of ether oxygens (including phenoxy) is 1. The maximum absolute atomic E-state index is 9.99. The van der Waals surface area contributed by atoms with Crippen LogP contribution in [0.1, 0.15) is 18.5 Å². The Morgan fingerprint density at radius 1 is 1.15 bits per heavy atom. The highest BCUT2D eigenvalue weighted by Gasteiger charge is 2.13. The van der Waals surface area contributed by atoms with Gasteiger partial charge in [-0.15, -0.1) is 0 Å². The van der Waals surface area contributed by atoms with E-state index in [9.17, 15) is 5.11 Å². The number of halogens is 2. The Bertz CT molecular complexity index is 617. The average Bonchev–Trinajstić information content (AvgIpc) is 2.43. The van der Waals surface area contributed by atoms with Crippen LogP contribution in [0.4, 0.5) is 5.69 Å². The molecule has 0 aromatic heterocycles. The van der Waals surface area contributed by atoms with Gasteiger partial charge in [0.05, 0.1) is 18.8 Å². The molecule has 5 heteroatoms. The smallest absolute Gasteiger partial charge is 0.121 e. The van der Waals surface area contributed by atoms with E-state index in [0.717, 1.165) is 25.9 Å². The minimum absolute atomic E-state index is 0.0595. The third-order valence-corrected chi connectivity index (χ3v) is 4.19. The van der Waals surface area contributed by atoms with Gasteiger partial charge in [0.1, 0.15) is 11.5 Å². The number of nitrogens with one attached hydrogen (secondary N) is 1. The van der Waals surface area contributed by atoms with Gasteiger partial charge in [0.2, 0.25) is 0 Å². The maximum Gasteiger partial charge on any atom is 0.121 e. The van der Waals surface area contributed by atoms with E-state index in [4.69, 9.17) is 4.74 Å². The van der Waals surface area contributed by atoms with Crippen molar-refractivity contribution < 1.29 is 9.84 Å². The summed E-state index contributed by atoms with van der Waals surface area (Å²) in [5.41, 5.74) is 1.74. The molecule has 0 aliphatic heterocycles. The molecule has 2 aromatic carbocycles. The first kappa shape index (κ1) is 15.2. The normalized spacial score (nSPS) is 12.0. The minimum Gasteiger partial charge on any atom is -0.508 e. The monoisotopic (exact) mass is 399 g/mol. The van der Waals surface area contributed by atoms with Crippen LogP contribution in [-0.4, -0.2) is 12.2 Å². The summed E-state index contributed by atoms with van der Waals surface area (Å²) in [5.74, 6) is 0.969. The summed E-state index contributed by atoms with van der Waals surface area (Å²) in [4.78, 5) is 0. The molecular weight excluding hydrogens is 386 g/mol. The number of benzene rings is 2. The Hall–Kier alpha value is -1.20. The van der Waals surface area contributed by atoms with Crippen LogP contribution in [0.3, 0.4) is 0 Å². The molecule has 0 fully saturated rings. The second-order valence-electron chi connectivity index (χ2n) is 4.41. The molecule has 20 heavy (non-hydrogen) atoms. The van der Waals surface area contributed by atoms with E-state index >= 15 is 0 Å². The van der Waals surface area contributed by atoms with E-state index < -0.39 is 0 Å². The molecule has 2 rings (SSSR count). The van der Waals surface area contributed by atoms with Crippen molar-refractivity contribution in [3.8, 4) is 11.5 Å². The Morgan fingerprint density at radius 2 is 1.90 bits per heavy atom. The fourth-order valence-electron chi connectivity index (χ4n) is 1.93. The number of phenols is 1. The molecule has 0 amide bonds. The van der Waals surface area contributed by atoms with Crippen LogP contribution in [0.5, 0.6) is 11.5 Å². The van der Waals surface area contributed by atoms with Crippen molar-refractivity contribution in [1.29, 1.82) is 0 Å². The van der Waals surface area contributed by atoms with Gasteiger partial charge in [0.25, 0.3) is 0 Å². The predicted octanol–water partition coefficient (Wildman–Crippen LogP) is 5.10. The SMILES string of the molecule is COc1ccc(O)c(C(C)Nc2cc(Br)ccc2Br)c1. The number of rotatable bonds is 4. The van der Waals surface area contributed by atoms with Crippen LogP contribution >= 0.6 is 31.9 Å². The Kier molecular flexibility index (Phi) is 4.94. The van der Waals surface area contributed by atoms with Gasteiger partial charge in [0, 0.05) is 14.5 Å². The first-order valence-electron chi connectivity index (χ1n) is 6.09. The summed E-state index contributed by atoms with van der Waals surface area (Å²) in [6, 6.07) is 11.1. The van der Waals surface area contributed by atoms with E-state index in [1.807, 2.05) is 31.2 Å². The fourth-order valence-corrected chi connectivity index (χ4v) is 2.65. The van der Waals surface area contributed by atoms with Gasteiger partial charge in [-0.25, -0.2) is 0 Å². The Balaban J connectivity index is 2.27. The molecule has 0 heterocycles. The molecule has 1 unspecified atom stereocenters. The van der Waals surface area contributed by atoms with E-state index in [1.165, 1.54) is 0 Å². The highest BCUT2D eigenvalue weighted by Crippen LogP contribution is 2.33. The summed E-state index contributed by atoms with van der Waals surface area (Å²) in [5, 5.41) is 13.4. The largest absolute Gasteiger partial charge is 0.508 e. The zero-order chi connectivity index (χ0) is 14.7. The molecule has 2 aromatic rings. The van der Waals surface area contributed by atoms with Crippen LogP contribution < -0.4 is 10.1 Å². The summed E-state index contributed by atoms with van der Waals surface area (Å²) >= 11 is 6.96. The lowest BCUT2D eigenvalue weighted by atomic mass is 10.1. The summed E-state index contributed by atoms with van der Waals surface area (Å²) < 4.78 is 7.16. The number of methoxy groups -OCH3 is 1. The van der Waals surface area contributed by atoms with Crippen molar-refractivity contribution in [3.05, 3.63) is 50.9 Å². The molecule has 0 bridgehead atoms. The van der Waals surface area contributed by atoms with Crippen LogP contribution in [0.25, 0.3) is 0 Å². The van der Waals surface area contributed by atoms with E-state index in [2.05, 4.69) is 37.2 Å². The maximum atomic E-state index is 9.99. The third-order valence-electron chi connectivity index (χ3n) is 3.00. The van der Waals surface area contributed by atoms with Crippen molar-refractivity contribution in [1.82, 2.24) is 0 Å². The summed E-state index contributed by atoms with van der Waals surface area (Å²) in [7, 11) is 1.61. The zero-order valence-electron chi connectivity index (χ0n) is 11.2. The molecule has 0 aliphatic rings. The van der Waals surface area contributed by atoms with Gasteiger partial charge in [0.15, 0.2) is 0 Å². The number of hydrogen-bond acceptors (Lipinski definition) is 3. The molecule has 2 N–H and O–H groups in total. The standard InChI is InChI=1S/C15H15Br2NO2/c1-9(12-8-11(20-2)4-6-15(12)19)18-14-7-10(16)3-5-13(14)17/h3-9,18-19H,1-2H3. The number of aromatic hydroxyl groups is 1. The van der Waals surface area contributed by atoms with Crippen molar-refractivity contribution >= 4 is 37.5 Å². The lowest BCUT2D eigenvalue weighted by molar-refractivity contribution is 0.410. The van der Waals surface area contributed by atoms with E-state index in [0.29, 0.717) is 0 Å². The van der Waals surface area contributed by atoms with Gasteiger partial charge in [-0.2, -0.15) is 0 Å². The second-order valence-corrected chi connectivity index (χ2v) is 6.18. The van der Waals surface area contributed by atoms with Crippen molar-refractivity contribution in [2.75, 3.05) is 12.4 Å². The van der Waals surface area contributed by atoms with Crippen LogP contribution in [0, 0.1) is 0 Å². The molecule has 0 aliphatic carbocycles. The quantitative estimate of drug-likeness (QED) is 0.750. The van der Waals surface area contributed by atoms with E-state index in [-0.39, 0.29) is 11.8 Å². The van der Waals surface area contributed by atoms with Gasteiger partial charge in [-0.05, 0) is 59.3 Å². The van der Waals surface area contributed by atoms with Crippen molar-refractivity contribution in [2.24, 2.45) is 0 Å². The zero-order valence-corrected chi connectivity index (χ0v) is 14.3. The lowest BCUT2D eigenvalue weighted by Crippen LogP contribution is -2.07. The lowest BCUT2D eigenvalue weighted by Gasteiger charge is -2.19. The number of anilines is 1. The molecule has 0 radical (unpaired) electrons. The molecule has 0 saturated carbocycles. The molecule has 3 nitrogen and oxygen atoms in total. The Morgan fingerprint density at radius 3 is 2.60 bits per heavy atom. The third kappa shape index (κ3) is 3.46. The topological polar surface area (TPSA) is 41.5 Å². The fraction of sp³-hybridized carbons (Fsp3) is 0.200. The van der Waals surface area contributed by atoms with Gasteiger partial charge >= 0.3 is 0 Å². The van der Waals surface area contributed by atoms with Crippen LogP contribution in [0.2, 0.25) is 0 Å². The van der Waals surface area contributed by atoms with Crippen LogP contribution in [0.15, 0.2) is 45.3 Å². The van der Waals surface area contributed by atoms with Crippen molar-refractivity contribution in [2.45, 2.75) is 13.0 Å². The molecule has 0 saturated heterocycles. The highest BCUT2D eigenvalue weighted by molar-refractivity contribution is 9.11. The summed E-state index contributed by atoms with van der Waals surface area (Å²) in [6.07, 6.45) is 0. The van der Waals surface area contributed by atoms with E-state index in [1.54, 1.807) is 19.2 Å². The molecule has 1 atom stereocenters. The first-order chi connectivity index (χ1) is 9.51. The predicted molar refractivity (Wildman–Crippen MR) is 88.5 cm³/mol. The van der Waals surface area contributed by atoms with Crippen molar-refractivity contribution in [3.63, 3.8) is 0 Å². The molecule has 0 spiro atoms. The number of hydrogen-bond donors (Lipinski definition) is 2. The van der Waals surface area contributed by atoms with Crippen LogP contribution in [-0.2, 0) is 0 Å². The minimum atomic E-state index is -0.0595. The molecular formula is C15H15Br2NO2. The number of phenolic OH excluding ortho intramolecular Hbond substituents is 1. The average molecular weight is 401 g/mol. The first-order valence-corrected chi connectivity index (χ1v) is 7.68. The Labute approximate surface area is 135 Å². The molecule has 106 valence electrons. The van der Waals surface area contributed by atoms with Gasteiger partial charge < -0.3 is 15.2 Å².